The van der Waals surface area contributed by atoms with Crippen LogP contribution in [0, 0.1) is 11.3 Å². The molecule has 0 aromatic carbocycles. The van der Waals surface area contributed by atoms with Crippen LogP contribution in [-0.4, -0.2) is 28.8 Å². The Hall–Kier alpha value is -1.22. The van der Waals surface area contributed by atoms with Crippen LogP contribution in [0.3, 0.4) is 0 Å². The first-order chi connectivity index (χ1) is 9.03. The van der Waals surface area contributed by atoms with Gasteiger partial charge in [0.05, 0.1) is 0 Å². The van der Waals surface area contributed by atoms with Crippen LogP contribution in [0.1, 0.15) is 39.2 Å². The minimum Gasteiger partial charge on any atom is -0.299 e. The molecule has 0 N–H and O–H groups in total. The SMILES string of the molecule is CCN(Cc1ccncc1)CC1CCC(C)(C)C1=O. The van der Waals surface area contributed by atoms with Crippen LogP contribution in [-0.2, 0) is 11.3 Å². The molecule has 1 aliphatic carbocycles. The monoisotopic (exact) mass is 260 g/mol. The van der Waals surface area contributed by atoms with Gasteiger partial charge in [-0.3, -0.25) is 14.7 Å². The Morgan fingerprint density at radius 3 is 2.58 bits per heavy atom. The number of carbonyl (C=O) groups excluding carboxylic acids is 1. The number of rotatable bonds is 5. The van der Waals surface area contributed by atoms with Crippen molar-refractivity contribution in [2.24, 2.45) is 11.3 Å². The molecular weight excluding hydrogens is 236 g/mol. The third-order valence-electron chi connectivity index (χ3n) is 4.24. The first-order valence-corrected chi connectivity index (χ1v) is 7.18. The van der Waals surface area contributed by atoms with E-state index in [-0.39, 0.29) is 11.3 Å². The third-order valence-corrected chi connectivity index (χ3v) is 4.24. The van der Waals surface area contributed by atoms with E-state index in [1.54, 1.807) is 0 Å². The second kappa shape index (κ2) is 5.83. The minimum absolute atomic E-state index is 0.110. The lowest BCUT2D eigenvalue weighted by Gasteiger charge is -2.24. The summed E-state index contributed by atoms with van der Waals surface area (Å²) in [6.45, 7) is 9.09. The summed E-state index contributed by atoms with van der Waals surface area (Å²) < 4.78 is 0. The molecule has 0 aliphatic heterocycles. The van der Waals surface area contributed by atoms with Crippen molar-refractivity contribution in [3.8, 4) is 0 Å². The van der Waals surface area contributed by atoms with Gasteiger partial charge in [-0.2, -0.15) is 0 Å². The second-order valence-electron chi connectivity index (χ2n) is 6.17. The fourth-order valence-electron chi connectivity index (χ4n) is 2.88. The number of hydrogen-bond donors (Lipinski definition) is 0. The Kier molecular flexibility index (Phi) is 4.35. The zero-order chi connectivity index (χ0) is 13.9. The highest BCUT2D eigenvalue weighted by atomic mass is 16.1. The van der Waals surface area contributed by atoms with E-state index in [9.17, 15) is 4.79 Å². The van der Waals surface area contributed by atoms with Crippen molar-refractivity contribution < 1.29 is 4.79 Å². The molecule has 0 saturated heterocycles. The Morgan fingerprint density at radius 2 is 2.05 bits per heavy atom. The highest BCUT2D eigenvalue weighted by molar-refractivity contribution is 5.88. The summed E-state index contributed by atoms with van der Waals surface area (Å²) in [5.74, 6) is 0.664. The normalized spacial score (nSPS) is 22.1. The van der Waals surface area contributed by atoms with Crippen LogP contribution < -0.4 is 0 Å². The molecule has 19 heavy (non-hydrogen) atoms. The zero-order valence-electron chi connectivity index (χ0n) is 12.2. The molecule has 0 radical (unpaired) electrons. The van der Waals surface area contributed by atoms with Crippen molar-refractivity contribution in [3.05, 3.63) is 30.1 Å². The van der Waals surface area contributed by atoms with E-state index in [4.69, 9.17) is 0 Å². The lowest BCUT2D eigenvalue weighted by atomic mass is 9.89. The number of Topliss-reactive ketones (excluding diaryl/α,β-unsaturated/α-hetero) is 1. The van der Waals surface area contributed by atoms with Gasteiger partial charge in [0, 0.05) is 36.8 Å². The molecule has 1 fully saturated rings. The van der Waals surface area contributed by atoms with Gasteiger partial charge in [0.2, 0.25) is 0 Å². The molecule has 3 heteroatoms. The van der Waals surface area contributed by atoms with Crippen LogP contribution in [0.4, 0.5) is 0 Å². The first kappa shape index (κ1) is 14.2. The molecule has 1 heterocycles. The van der Waals surface area contributed by atoms with E-state index < -0.39 is 0 Å². The summed E-state index contributed by atoms with van der Waals surface area (Å²) in [5, 5.41) is 0. The molecule has 2 rings (SSSR count). The smallest absolute Gasteiger partial charge is 0.142 e. The van der Waals surface area contributed by atoms with Crippen LogP contribution >= 0.6 is 0 Å². The van der Waals surface area contributed by atoms with Crippen molar-refractivity contribution in [2.45, 2.75) is 40.2 Å². The van der Waals surface area contributed by atoms with Crippen molar-refractivity contribution in [1.29, 1.82) is 0 Å². The standard InChI is InChI=1S/C16H24N2O/c1-4-18(11-13-6-9-17-10-7-13)12-14-5-8-16(2,3)15(14)19/h6-7,9-10,14H,4-5,8,11-12H2,1-3H3. The third kappa shape index (κ3) is 3.41. The Balaban J connectivity index is 1.95. The van der Waals surface area contributed by atoms with Crippen molar-refractivity contribution in [2.75, 3.05) is 13.1 Å². The molecule has 0 amide bonds. The van der Waals surface area contributed by atoms with Gasteiger partial charge in [0.15, 0.2) is 0 Å². The number of hydrogen-bond acceptors (Lipinski definition) is 3. The Morgan fingerprint density at radius 1 is 1.37 bits per heavy atom. The highest BCUT2D eigenvalue weighted by Gasteiger charge is 2.40. The van der Waals surface area contributed by atoms with Gasteiger partial charge in [-0.05, 0) is 37.1 Å². The summed E-state index contributed by atoms with van der Waals surface area (Å²) in [6.07, 6.45) is 5.72. The molecule has 1 atom stereocenters. The summed E-state index contributed by atoms with van der Waals surface area (Å²) in [7, 11) is 0. The van der Waals surface area contributed by atoms with Gasteiger partial charge < -0.3 is 0 Å². The summed E-state index contributed by atoms with van der Waals surface area (Å²) in [6, 6.07) is 4.09. The number of aromatic nitrogens is 1. The minimum atomic E-state index is -0.110. The molecule has 0 spiro atoms. The number of ketones is 1. The van der Waals surface area contributed by atoms with Crippen molar-refractivity contribution in [1.82, 2.24) is 9.88 Å². The van der Waals surface area contributed by atoms with E-state index in [0.717, 1.165) is 32.5 Å². The maximum Gasteiger partial charge on any atom is 0.142 e. The van der Waals surface area contributed by atoms with Crippen LogP contribution in [0.15, 0.2) is 24.5 Å². The Labute approximate surface area is 116 Å². The molecular formula is C16H24N2O. The zero-order valence-corrected chi connectivity index (χ0v) is 12.2. The predicted octanol–water partition coefficient (Wildman–Crippen LogP) is 2.91. The largest absolute Gasteiger partial charge is 0.299 e. The topological polar surface area (TPSA) is 33.2 Å². The van der Waals surface area contributed by atoms with Crippen molar-refractivity contribution >= 4 is 5.78 Å². The lowest BCUT2D eigenvalue weighted by Crippen LogP contribution is -2.33. The highest BCUT2D eigenvalue weighted by Crippen LogP contribution is 2.37. The Bertz CT molecular complexity index is 428. The molecule has 1 aromatic rings. The van der Waals surface area contributed by atoms with E-state index in [2.05, 4.69) is 30.7 Å². The fraction of sp³-hybridized carbons (Fsp3) is 0.625. The molecule has 1 aliphatic rings. The maximum absolute atomic E-state index is 12.3. The second-order valence-corrected chi connectivity index (χ2v) is 6.17. The van der Waals surface area contributed by atoms with Gasteiger partial charge >= 0.3 is 0 Å². The molecule has 1 saturated carbocycles. The van der Waals surface area contributed by atoms with Gasteiger partial charge in [-0.25, -0.2) is 0 Å². The van der Waals surface area contributed by atoms with Crippen LogP contribution in [0.2, 0.25) is 0 Å². The van der Waals surface area contributed by atoms with Crippen molar-refractivity contribution in [3.63, 3.8) is 0 Å². The number of pyridine rings is 1. The lowest BCUT2D eigenvalue weighted by molar-refractivity contribution is -0.128. The van der Waals surface area contributed by atoms with E-state index in [0.29, 0.717) is 5.78 Å². The van der Waals surface area contributed by atoms with E-state index in [1.807, 2.05) is 24.5 Å². The van der Waals surface area contributed by atoms with Crippen LogP contribution in [0.25, 0.3) is 0 Å². The number of carbonyl (C=O) groups is 1. The molecule has 1 aromatic heterocycles. The van der Waals surface area contributed by atoms with Gasteiger partial charge in [0.1, 0.15) is 5.78 Å². The van der Waals surface area contributed by atoms with E-state index in [1.165, 1.54) is 5.56 Å². The quantitative estimate of drug-likeness (QED) is 0.816. The van der Waals surface area contributed by atoms with Gasteiger partial charge in [-0.15, -0.1) is 0 Å². The predicted molar refractivity (Wildman–Crippen MR) is 76.7 cm³/mol. The number of nitrogens with zero attached hydrogens (tertiary/aromatic N) is 2. The average Bonchev–Trinajstić information content (AvgIpc) is 2.66. The van der Waals surface area contributed by atoms with Gasteiger partial charge in [0.25, 0.3) is 0 Å². The maximum atomic E-state index is 12.3. The fourth-order valence-corrected chi connectivity index (χ4v) is 2.88. The summed E-state index contributed by atoms with van der Waals surface area (Å²) in [4.78, 5) is 18.7. The molecule has 3 nitrogen and oxygen atoms in total. The molecule has 1 unspecified atom stereocenters. The summed E-state index contributed by atoms with van der Waals surface area (Å²) in [5.41, 5.74) is 1.15. The molecule has 104 valence electrons. The van der Waals surface area contributed by atoms with Crippen LogP contribution in [0.5, 0.6) is 0 Å². The van der Waals surface area contributed by atoms with Gasteiger partial charge in [-0.1, -0.05) is 20.8 Å². The summed E-state index contributed by atoms with van der Waals surface area (Å²) >= 11 is 0. The average molecular weight is 260 g/mol. The van der Waals surface area contributed by atoms with E-state index >= 15 is 0 Å². The molecule has 0 bridgehead atoms. The first-order valence-electron chi connectivity index (χ1n) is 7.18.